The highest BCUT2D eigenvalue weighted by Crippen LogP contribution is 2.38. The lowest BCUT2D eigenvalue weighted by atomic mass is 9.98. The highest BCUT2D eigenvalue weighted by molar-refractivity contribution is 6.30. The molecule has 1 atom stereocenters. The second-order valence-electron chi connectivity index (χ2n) is 11.3. The third-order valence-corrected chi connectivity index (χ3v) is 9.17. The summed E-state index contributed by atoms with van der Waals surface area (Å²) in [4.78, 5) is 35.9. The molecule has 3 saturated heterocycles. The zero-order valence-electron chi connectivity index (χ0n) is 23.7. The number of halogens is 2. The quantitative estimate of drug-likeness (QED) is 0.286. The van der Waals surface area contributed by atoms with Gasteiger partial charge in [-0.2, -0.15) is 0 Å². The first-order chi connectivity index (χ1) is 20.9. The van der Waals surface area contributed by atoms with Crippen LogP contribution in [0.15, 0.2) is 60.7 Å². The molecule has 11 heteroatoms. The van der Waals surface area contributed by atoms with Crippen molar-refractivity contribution < 1.29 is 24.2 Å². The van der Waals surface area contributed by atoms with Gasteiger partial charge in [-0.25, -0.2) is 14.6 Å². The maximum atomic E-state index is 13.9. The summed E-state index contributed by atoms with van der Waals surface area (Å²) in [6, 6.07) is 18.1. The number of piperidine rings is 1. The number of carboxylic acids is 1. The summed E-state index contributed by atoms with van der Waals surface area (Å²) in [7, 11) is 0. The summed E-state index contributed by atoms with van der Waals surface area (Å²) in [5.41, 5.74) is 2.16. The van der Waals surface area contributed by atoms with E-state index in [9.17, 15) is 9.59 Å². The highest BCUT2D eigenvalue weighted by Gasteiger charge is 2.45. The van der Waals surface area contributed by atoms with Gasteiger partial charge < -0.3 is 24.4 Å². The third-order valence-electron chi connectivity index (χ3n) is 8.61. The maximum absolute atomic E-state index is 13.9. The van der Waals surface area contributed by atoms with Crippen LogP contribution in [0.3, 0.4) is 0 Å². The summed E-state index contributed by atoms with van der Waals surface area (Å²) in [5.74, 6) is -0.179. The van der Waals surface area contributed by atoms with Crippen LogP contribution in [0, 0.1) is 0 Å². The molecular weight excluding hydrogens is 591 g/mol. The van der Waals surface area contributed by atoms with E-state index >= 15 is 0 Å². The van der Waals surface area contributed by atoms with E-state index in [0.717, 1.165) is 49.9 Å². The van der Waals surface area contributed by atoms with Crippen LogP contribution in [0.1, 0.15) is 53.2 Å². The molecule has 0 spiro atoms. The van der Waals surface area contributed by atoms with E-state index in [0.29, 0.717) is 48.1 Å². The number of aromatic nitrogens is 1. The molecule has 1 aromatic heterocycles. The Hall–Kier alpha value is -3.37. The summed E-state index contributed by atoms with van der Waals surface area (Å²) in [6.45, 7) is 4.37. The van der Waals surface area contributed by atoms with Gasteiger partial charge in [-0.3, -0.25) is 4.90 Å². The normalized spacial score (nSPS) is 20.5. The SMILES string of the molecule is O=C(O)c1ccc(Oc2ccc(CN3CCC(N4C(=O)N(C5CCOCC5)C[C@H]4c4cccc(Cl)c4)CC3)c(Cl)n2)cc1. The second-order valence-corrected chi connectivity index (χ2v) is 12.1. The number of amides is 2. The van der Waals surface area contributed by atoms with Crippen molar-refractivity contribution in [2.75, 3.05) is 32.8 Å². The van der Waals surface area contributed by atoms with Gasteiger partial charge in [0.25, 0.3) is 0 Å². The van der Waals surface area contributed by atoms with Crippen LogP contribution in [-0.4, -0.2) is 81.7 Å². The molecule has 0 saturated carbocycles. The van der Waals surface area contributed by atoms with E-state index in [1.807, 2.05) is 24.3 Å². The first-order valence-corrected chi connectivity index (χ1v) is 15.4. The maximum Gasteiger partial charge on any atom is 0.335 e. The van der Waals surface area contributed by atoms with Gasteiger partial charge in [-0.05, 0) is 73.7 Å². The van der Waals surface area contributed by atoms with Crippen molar-refractivity contribution in [3.63, 3.8) is 0 Å². The number of hydrogen-bond donors (Lipinski definition) is 1. The summed E-state index contributed by atoms with van der Waals surface area (Å²) >= 11 is 12.9. The molecule has 0 aliphatic carbocycles. The molecule has 3 aliphatic rings. The van der Waals surface area contributed by atoms with E-state index in [-0.39, 0.29) is 29.7 Å². The average molecular weight is 626 g/mol. The van der Waals surface area contributed by atoms with Crippen LogP contribution in [0.2, 0.25) is 10.2 Å². The third kappa shape index (κ3) is 6.75. The van der Waals surface area contributed by atoms with Gasteiger partial charge in [0.05, 0.1) is 11.6 Å². The fourth-order valence-corrected chi connectivity index (χ4v) is 6.74. The number of carboxylic acid groups (broad SMARTS) is 1. The molecule has 3 fully saturated rings. The Morgan fingerprint density at radius 3 is 2.40 bits per heavy atom. The summed E-state index contributed by atoms with van der Waals surface area (Å²) in [5, 5.41) is 10.1. The Bertz CT molecular complexity index is 1460. The topological polar surface area (TPSA) is 95.4 Å². The minimum absolute atomic E-state index is 0.0304. The van der Waals surface area contributed by atoms with Crippen LogP contribution in [0.4, 0.5) is 4.79 Å². The number of carbonyl (C=O) groups is 2. The van der Waals surface area contributed by atoms with Gasteiger partial charge in [0.15, 0.2) is 0 Å². The predicted molar refractivity (Wildman–Crippen MR) is 163 cm³/mol. The number of rotatable bonds is 8. The number of benzene rings is 2. The first kappa shape index (κ1) is 29.7. The highest BCUT2D eigenvalue weighted by atomic mass is 35.5. The monoisotopic (exact) mass is 624 g/mol. The number of nitrogens with zero attached hydrogens (tertiary/aromatic N) is 4. The summed E-state index contributed by atoms with van der Waals surface area (Å²) < 4.78 is 11.3. The number of urea groups is 1. The smallest absolute Gasteiger partial charge is 0.335 e. The first-order valence-electron chi connectivity index (χ1n) is 14.7. The number of carbonyl (C=O) groups excluding carboxylic acids is 1. The Balaban J connectivity index is 1.09. The number of hydrogen-bond acceptors (Lipinski definition) is 6. The van der Waals surface area contributed by atoms with Gasteiger partial charge in [-0.1, -0.05) is 35.3 Å². The molecule has 0 radical (unpaired) electrons. The number of pyridine rings is 1. The van der Waals surface area contributed by atoms with Crippen molar-refractivity contribution in [2.45, 2.75) is 50.4 Å². The Morgan fingerprint density at radius 1 is 0.977 bits per heavy atom. The number of likely N-dealkylation sites (tertiary alicyclic amines) is 1. The van der Waals surface area contributed by atoms with Gasteiger partial charge in [-0.15, -0.1) is 0 Å². The Morgan fingerprint density at radius 2 is 1.72 bits per heavy atom. The van der Waals surface area contributed by atoms with Gasteiger partial charge in [0.2, 0.25) is 5.88 Å². The lowest BCUT2D eigenvalue weighted by molar-refractivity contribution is 0.0493. The molecule has 43 heavy (non-hydrogen) atoms. The fourth-order valence-electron chi connectivity index (χ4n) is 6.33. The van der Waals surface area contributed by atoms with E-state index < -0.39 is 5.97 Å². The molecule has 226 valence electrons. The lowest BCUT2D eigenvalue weighted by Crippen LogP contribution is -2.48. The molecule has 3 aromatic rings. The lowest BCUT2D eigenvalue weighted by Gasteiger charge is -2.39. The molecule has 3 aliphatic heterocycles. The van der Waals surface area contributed by atoms with Crippen molar-refractivity contribution >= 4 is 35.2 Å². The molecule has 0 unspecified atom stereocenters. The van der Waals surface area contributed by atoms with Crippen molar-refractivity contribution in [2.24, 2.45) is 0 Å². The zero-order valence-corrected chi connectivity index (χ0v) is 25.2. The molecule has 2 aromatic carbocycles. The average Bonchev–Trinajstić information content (AvgIpc) is 3.36. The van der Waals surface area contributed by atoms with Gasteiger partial charge in [0.1, 0.15) is 10.9 Å². The summed E-state index contributed by atoms with van der Waals surface area (Å²) in [6.07, 6.45) is 3.47. The molecule has 1 N–H and O–H groups in total. The van der Waals surface area contributed by atoms with E-state index in [4.69, 9.17) is 37.8 Å². The van der Waals surface area contributed by atoms with Crippen LogP contribution >= 0.6 is 23.2 Å². The standard InChI is InChI=1S/C32H34Cl2N4O5/c33-24-3-1-2-22(18-24)28-20-37(25-12-16-42-17-13-25)32(41)38(28)26-10-14-36(15-11-26)19-23-6-9-29(35-30(23)34)43-27-7-4-21(5-8-27)31(39)40/h1-9,18,25-26,28H,10-17,19-20H2,(H,39,40)/t28-/m0/s1. The largest absolute Gasteiger partial charge is 0.478 e. The van der Waals surface area contributed by atoms with E-state index in [1.54, 1.807) is 18.2 Å². The van der Waals surface area contributed by atoms with E-state index in [2.05, 4.69) is 25.8 Å². The van der Waals surface area contributed by atoms with Crippen molar-refractivity contribution in [1.29, 1.82) is 0 Å². The zero-order chi connectivity index (χ0) is 29.9. The van der Waals surface area contributed by atoms with Crippen molar-refractivity contribution in [3.05, 3.63) is 87.5 Å². The van der Waals surface area contributed by atoms with Crippen molar-refractivity contribution in [1.82, 2.24) is 19.7 Å². The van der Waals surface area contributed by atoms with Crippen LogP contribution in [0.25, 0.3) is 0 Å². The van der Waals surface area contributed by atoms with Crippen LogP contribution < -0.4 is 4.74 Å². The number of aromatic carboxylic acids is 1. The molecule has 9 nitrogen and oxygen atoms in total. The second kappa shape index (κ2) is 13.1. The van der Waals surface area contributed by atoms with Crippen LogP contribution in [0.5, 0.6) is 11.6 Å². The van der Waals surface area contributed by atoms with Gasteiger partial charge >= 0.3 is 12.0 Å². The van der Waals surface area contributed by atoms with Crippen LogP contribution in [-0.2, 0) is 11.3 Å². The Kier molecular flexibility index (Phi) is 9.04. The molecular formula is C32H34Cl2N4O5. The molecule has 0 bridgehead atoms. The van der Waals surface area contributed by atoms with Crippen molar-refractivity contribution in [3.8, 4) is 11.6 Å². The molecule has 4 heterocycles. The minimum Gasteiger partial charge on any atom is -0.478 e. The molecule has 6 rings (SSSR count). The minimum atomic E-state index is -0.994. The van der Waals surface area contributed by atoms with Gasteiger partial charge in [0, 0.05) is 68.1 Å². The fraction of sp³-hybridized carbons (Fsp3) is 0.406. The number of ether oxygens (including phenoxy) is 2. The Labute approximate surface area is 260 Å². The molecule has 2 amide bonds. The van der Waals surface area contributed by atoms with E-state index in [1.165, 1.54) is 12.1 Å². The predicted octanol–water partition coefficient (Wildman–Crippen LogP) is 6.50.